The van der Waals surface area contributed by atoms with E-state index in [1.54, 1.807) is 42.5 Å². The van der Waals surface area contributed by atoms with Crippen molar-refractivity contribution in [3.05, 3.63) is 83.4 Å². The molecule has 2 aliphatic rings. The van der Waals surface area contributed by atoms with Gasteiger partial charge < -0.3 is 15.0 Å². The van der Waals surface area contributed by atoms with Crippen molar-refractivity contribution in [2.45, 2.75) is 57.5 Å². The van der Waals surface area contributed by atoms with E-state index in [0.717, 1.165) is 12.2 Å². The lowest BCUT2D eigenvalue weighted by atomic mass is 9.99. The summed E-state index contributed by atoms with van der Waals surface area (Å²) in [4.78, 5) is 51.2. The summed E-state index contributed by atoms with van der Waals surface area (Å²) in [5.41, 5.74) is 3.18. The third-order valence-corrected chi connectivity index (χ3v) is 7.60. The molecule has 0 aromatic heterocycles. The van der Waals surface area contributed by atoms with Gasteiger partial charge in [-0.1, -0.05) is 13.0 Å². The number of hydrogen-bond donors (Lipinski definition) is 2. The topological polar surface area (TPSA) is 130 Å². The van der Waals surface area contributed by atoms with Crippen molar-refractivity contribution in [1.82, 2.24) is 10.2 Å². The summed E-state index contributed by atoms with van der Waals surface area (Å²) in [5, 5.41) is 13.7. The maximum atomic E-state index is 13.1. The normalized spacial score (nSPS) is 17.4. The number of carbonyl (C=O) groups is 4. The number of carbonyl (C=O) groups excluding carboxylic acids is 4. The van der Waals surface area contributed by atoms with Crippen LogP contribution >= 0.6 is 11.6 Å². The van der Waals surface area contributed by atoms with Gasteiger partial charge in [-0.05, 0) is 93.3 Å². The van der Waals surface area contributed by atoms with Crippen LogP contribution in [0.3, 0.4) is 0 Å². The van der Waals surface area contributed by atoms with E-state index in [1.165, 1.54) is 4.90 Å². The maximum Gasteiger partial charge on any atom is 0.255 e. The maximum absolute atomic E-state index is 13.1. The number of alkyl halides is 1. The lowest BCUT2D eigenvalue weighted by molar-refractivity contribution is -0.136. The van der Waals surface area contributed by atoms with Gasteiger partial charge in [0.25, 0.3) is 11.8 Å². The van der Waals surface area contributed by atoms with Gasteiger partial charge in [-0.2, -0.15) is 10.2 Å². The smallest absolute Gasteiger partial charge is 0.255 e. The standard InChI is InChI=1S/C33H34ClN5O5/c1-20(17-33(2,3)34)19-44-24-13-11-23(12-14-24)38-37-22-9-7-21(8-10-22)30(41)35-27-6-4-5-25-26(27)18-39(32(25)43)28-15-16-29(40)36-31(28)42/h4-14,20,28H,15-19H2,1-3H3,(H,35,41)(H,36,40,42)/b38-37+. The number of benzene rings is 3. The average molecular weight is 616 g/mol. The third-order valence-electron chi connectivity index (χ3n) is 7.45. The number of nitrogens with one attached hydrogen (secondary N) is 2. The number of hydrogen-bond acceptors (Lipinski definition) is 7. The SMILES string of the molecule is CC(COc1ccc(/N=N/c2ccc(C(=O)Nc3cccc4c3CN(C3CCC(=O)NC3=O)C4=O)cc2)cc1)CC(C)(C)Cl. The highest BCUT2D eigenvalue weighted by Crippen LogP contribution is 2.33. The molecule has 0 radical (unpaired) electrons. The number of anilines is 1. The fraction of sp³-hybridized carbons (Fsp3) is 0.333. The lowest BCUT2D eigenvalue weighted by Crippen LogP contribution is -2.52. The predicted molar refractivity (Wildman–Crippen MR) is 167 cm³/mol. The number of imide groups is 1. The second-order valence-electron chi connectivity index (χ2n) is 11.8. The number of halogens is 1. The highest BCUT2D eigenvalue weighted by atomic mass is 35.5. The molecule has 0 spiro atoms. The first-order chi connectivity index (χ1) is 21.0. The summed E-state index contributed by atoms with van der Waals surface area (Å²) >= 11 is 6.30. The molecule has 2 unspecified atom stereocenters. The van der Waals surface area contributed by atoms with Crippen molar-refractivity contribution in [2.24, 2.45) is 16.1 Å². The van der Waals surface area contributed by atoms with Gasteiger partial charge in [0, 0.05) is 40.2 Å². The second-order valence-corrected chi connectivity index (χ2v) is 12.8. The van der Waals surface area contributed by atoms with Gasteiger partial charge in [0.05, 0.1) is 18.0 Å². The molecule has 2 heterocycles. The van der Waals surface area contributed by atoms with Gasteiger partial charge >= 0.3 is 0 Å². The minimum absolute atomic E-state index is 0.162. The first-order valence-electron chi connectivity index (χ1n) is 14.5. The van der Waals surface area contributed by atoms with Crippen LogP contribution in [0, 0.1) is 5.92 Å². The van der Waals surface area contributed by atoms with Gasteiger partial charge in [-0.15, -0.1) is 11.6 Å². The van der Waals surface area contributed by atoms with Crippen LogP contribution in [0.15, 0.2) is 77.0 Å². The fourth-order valence-corrected chi connectivity index (χ4v) is 5.69. The number of ether oxygens (including phenoxy) is 1. The van der Waals surface area contributed by atoms with Crippen molar-refractivity contribution in [1.29, 1.82) is 0 Å². The Balaban J connectivity index is 1.17. The zero-order chi connectivity index (χ0) is 31.4. The molecule has 44 heavy (non-hydrogen) atoms. The molecule has 2 atom stereocenters. The largest absolute Gasteiger partial charge is 0.493 e. The number of fused-ring (bicyclic) bond motifs is 1. The summed E-state index contributed by atoms with van der Waals surface area (Å²) < 4.78 is 5.87. The molecule has 1 fully saturated rings. The van der Waals surface area contributed by atoms with Gasteiger partial charge in [0.2, 0.25) is 11.8 Å². The van der Waals surface area contributed by atoms with E-state index in [1.807, 2.05) is 38.1 Å². The van der Waals surface area contributed by atoms with E-state index in [2.05, 4.69) is 27.8 Å². The van der Waals surface area contributed by atoms with Gasteiger partial charge in [-0.3, -0.25) is 24.5 Å². The molecule has 228 valence electrons. The Morgan fingerprint density at radius 1 is 1.05 bits per heavy atom. The van der Waals surface area contributed by atoms with E-state index < -0.39 is 11.9 Å². The van der Waals surface area contributed by atoms with Gasteiger partial charge in [-0.25, -0.2) is 0 Å². The summed E-state index contributed by atoms with van der Waals surface area (Å²) in [6.45, 7) is 6.83. The Morgan fingerprint density at radius 2 is 1.70 bits per heavy atom. The summed E-state index contributed by atoms with van der Waals surface area (Å²) in [6, 6.07) is 18.4. The Hall–Kier alpha value is -4.57. The van der Waals surface area contributed by atoms with Crippen molar-refractivity contribution in [3.63, 3.8) is 0 Å². The van der Waals surface area contributed by atoms with Crippen LogP contribution in [0.2, 0.25) is 0 Å². The quantitative estimate of drug-likeness (QED) is 0.152. The molecule has 0 bridgehead atoms. The van der Waals surface area contributed by atoms with Crippen molar-refractivity contribution < 1.29 is 23.9 Å². The average Bonchev–Trinajstić information content (AvgIpc) is 3.31. The van der Waals surface area contributed by atoms with Crippen LogP contribution in [0.4, 0.5) is 17.1 Å². The molecule has 10 nitrogen and oxygen atoms in total. The van der Waals surface area contributed by atoms with Crippen LogP contribution in [-0.2, 0) is 16.1 Å². The fourth-order valence-electron chi connectivity index (χ4n) is 5.43. The molecule has 4 amide bonds. The molecular formula is C33H34ClN5O5. The minimum Gasteiger partial charge on any atom is -0.493 e. The Labute approximate surface area is 260 Å². The molecule has 3 aromatic rings. The van der Waals surface area contributed by atoms with E-state index >= 15 is 0 Å². The highest BCUT2D eigenvalue weighted by molar-refractivity contribution is 6.23. The number of nitrogens with zero attached hydrogens (tertiary/aromatic N) is 3. The van der Waals surface area contributed by atoms with Crippen LogP contribution < -0.4 is 15.4 Å². The zero-order valence-electron chi connectivity index (χ0n) is 24.8. The lowest BCUT2D eigenvalue weighted by Gasteiger charge is -2.29. The molecule has 11 heteroatoms. The zero-order valence-corrected chi connectivity index (χ0v) is 25.6. The van der Waals surface area contributed by atoms with Crippen LogP contribution in [-0.4, -0.2) is 46.1 Å². The van der Waals surface area contributed by atoms with Crippen LogP contribution in [0.25, 0.3) is 0 Å². The molecule has 2 aliphatic heterocycles. The Kier molecular flexibility index (Phi) is 9.10. The summed E-state index contributed by atoms with van der Waals surface area (Å²) in [6.07, 6.45) is 1.29. The van der Waals surface area contributed by atoms with Crippen molar-refractivity contribution in [3.8, 4) is 5.75 Å². The number of rotatable bonds is 10. The number of piperidine rings is 1. The molecule has 1 saturated heterocycles. The predicted octanol–water partition coefficient (Wildman–Crippen LogP) is 6.54. The second kappa shape index (κ2) is 13.0. The van der Waals surface area contributed by atoms with Crippen LogP contribution in [0.1, 0.15) is 66.3 Å². The molecular weight excluding hydrogens is 582 g/mol. The van der Waals surface area contributed by atoms with E-state index in [-0.39, 0.29) is 42.0 Å². The van der Waals surface area contributed by atoms with E-state index in [9.17, 15) is 19.2 Å². The number of azo groups is 1. The summed E-state index contributed by atoms with van der Waals surface area (Å²) in [5.74, 6) is -0.416. The molecule has 3 aromatic carbocycles. The van der Waals surface area contributed by atoms with Crippen molar-refractivity contribution in [2.75, 3.05) is 11.9 Å². The first kappa shape index (κ1) is 30.9. The Morgan fingerprint density at radius 3 is 2.34 bits per heavy atom. The molecule has 0 aliphatic carbocycles. The first-order valence-corrected chi connectivity index (χ1v) is 14.9. The minimum atomic E-state index is -0.730. The summed E-state index contributed by atoms with van der Waals surface area (Å²) in [7, 11) is 0. The van der Waals surface area contributed by atoms with Gasteiger partial charge in [0.15, 0.2) is 0 Å². The molecule has 5 rings (SSSR count). The number of amides is 4. The van der Waals surface area contributed by atoms with Gasteiger partial charge in [0.1, 0.15) is 11.8 Å². The van der Waals surface area contributed by atoms with Crippen LogP contribution in [0.5, 0.6) is 5.75 Å². The third kappa shape index (κ3) is 7.49. The van der Waals surface area contributed by atoms with Crippen molar-refractivity contribution >= 4 is 52.3 Å². The monoisotopic (exact) mass is 615 g/mol. The van der Waals surface area contributed by atoms with E-state index in [0.29, 0.717) is 46.3 Å². The highest BCUT2D eigenvalue weighted by Gasteiger charge is 2.40. The van der Waals surface area contributed by atoms with E-state index in [4.69, 9.17) is 16.3 Å². The molecule has 2 N–H and O–H groups in total. The Bertz CT molecular complexity index is 1600. The molecule has 0 saturated carbocycles.